The lowest BCUT2D eigenvalue weighted by Crippen LogP contribution is -2.38. The number of hydrogen-bond donors (Lipinski definition) is 1. The summed E-state index contributed by atoms with van der Waals surface area (Å²) in [4.78, 5) is 28.4. The molecule has 5 rings (SSSR count). The first-order chi connectivity index (χ1) is 18.5. The van der Waals surface area contributed by atoms with Crippen LogP contribution in [0.1, 0.15) is 23.7 Å². The van der Waals surface area contributed by atoms with Crippen molar-refractivity contribution in [1.82, 2.24) is 14.7 Å². The van der Waals surface area contributed by atoms with Gasteiger partial charge in [0.2, 0.25) is 5.91 Å². The topological polar surface area (TPSA) is 67.2 Å². The van der Waals surface area contributed by atoms with E-state index in [1.54, 1.807) is 33.8 Å². The highest BCUT2D eigenvalue weighted by atomic mass is 19.1. The average Bonchev–Trinajstić information content (AvgIpc) is 3.36. The fourth-order valence-electron chi connectivity index (χ4n) is 4.46. The molecule has 6 nitrogen and oxygen atoms in total. The number of anilines is 1. The number of amides is 2. The molecule has 0 bridgehead atoms. The normalized spacial score (nSPS) is 10.9. The van der Waals surface area contributed by atoms with Crippen molar-refractivity contribution in [1.29, 1.82) is 0 Å². The fourth-order valence-corrected chi connectivity index (χ4v) is 4.46. The van der Waals surface area contributed by atoms with Gasteiger partial charge in [0.25, 0.3) is 5.91 Å². The molecule has 5 aromatic rings. The maximum absolute atomic E-state index is 13.6. The molecule has 0 fully saturated rings. The minimum Gasteiger partial charge on any atom is -0.329 e. The van der Waals surface area contributed by atoms with E-state index >= 15 is 0 Å². The van der Waals surface area contributed by atoms with E-state index in [2.05, 4.69) is 10.4 Å². The predicted octanol–water partition coefficient (Wildman–Crippen LogP) is 6.32. The molecule has 0 atom stereocenters. The maximum atomic E-state index is 13.6. The van der Waals surface area contributed by atoms with Crippen LogP contribution < -0.4 is 5.32 Å². The number of carbonyl (C=O) groups excluding carboxylic acids is 2. The van der Waals surface area contributed by atoms with E-state index in [1.807, 2.05) is 73.7 Å². The second-order valence-electron chi connectivity index (χ2n) is 8.97. The van der Waals surface area contributed by atoms with Gasteiger partial charge in [-0.05, 0) is 47.5 Å². The van der Waals surface area contributed by atoms with Gasteiger partial charge in [-0.15, -0.1) is 0 Å². The van der Waals surface area contributed by atoms with Crippen LogP contribution in [0.3, 0.4) is 0 Å². The molecule has 0 spiro atoms. The van der Waals surface area contributed by atoms with Crippen LogP contribution in [-0.4, -0.2) is 39.6 Å². The molecule has 0 aliphatic carbocycles. The molecule has 1 aromatic heterocycles. The summed E-state index contributed by atoms with van der Waals surface area (Å²) in [5.74, 6) is -0.489. The van der Waals surface area contributed by atoms with Crippen LogP contribution in [0, 0.1) is 5.82 Å². The van der Waals surface area contributed by atoms with Crippen molar-refractivity contribution in [3.63, 3.8) is 0 Å². The molecular formula is C31H27FN4O2. The average molecular weight is 507 g/mol. The Kier molecular flexibility index (Phi) is 7.26. The lowest BCUT2D eigenvalue weighted by atomic mass is 10.0. The Bertz CT molecular complexity index is 1570. The summed E-state index contributed by atoms with van der Waals surface area (Å²) in [6.07, 6.45) is 0.704. The molecule has 4 aromatic carbocycles. The van der Waals surface area contributed by atoms with Crippen molar-refractivity contribution >= 4 is 28.4 Å². The summed E-state index contributed by atoms with van der Waals surface area (Å²) in [5.41, 5.74) is 2.69. The SMILES string of the molecule is CCCN(CC(=O)Nc1cc(-c2ccccc2)nn1-c1ccc(F)cc1)C(=O)c1cccc2ccccc12. The van der Waals surface area contributed by atoms with Crippen LogP contribution in [0.2, 0.25) is 0 Å². The second-order valence-corrected chi connectivity index (χ2v) is 8.97. The minimum absolute atomic E-state index is 0.120. The highest BCUT2D eigenvalue weighted by Crippen LogP contribution is 2.25. The van der Waals surface area contributed by atoms with E-state index < -0.39 is 0 Å². The first-order valence-electron chi connectivity index (χ1n) is 12.5. The molecule has 0 saturated carbocycles. The van der Waals surface area contributed by atoms with Gasteiger partial charge < -0.3 is 10.2 Å². The van der Waals surface area contributed by atoms with Crippen molar-refractivity contribution in [2.75, 3.05) is 18.4 Å². The number of rotatable bonds is 8. The number of benzene rings is 4. The van der Waals surface area contributed by atoms with Crippen molar-refractivity contribution in [2.45, 2.75) is 13.3 Å². The lowest BCUT2D eigenvalue weighted by Gasteiger charge is -2.22. The highest BCUT2D eigenvalue weighted by molar-refractivity contribution is 6.08. The van der Waals surface area contributed by atoms with Gasteiger partial charge in [0.1, 0.15) is 18.2 Å². The molecule has 1 N–H and O–H groups in total. The van der Waals surface area contributed by atoms with Gasteiger partial charge in [-0.25, -0.2) is 9.07 Å². The Labute approximate surface area is 220 Å². The fraction of sp³-hybridized carbons (Fsp3) is 0.129. The van der Waals surface area contributed by atoms with Crippen LogP contribution >= 0.6 is 0 Å². The minimum atomic E-state index is -0.364. The number of nitrogens with one attached hydrogen (secondary N) is 1. The van der Waals surface area contributed by atoms with Crippen LogP contribution in [0.25, 0.3) is 27.7 Å². The second kappa shape index (κ2) is 11.1. The van der Waals surface area contributed by atoms with E-state index in [1.165, 1.54) is 12.1 Å². The quantitative estimate of drug-likeness (QED) is 0.268. The number of fused-ring (bicyclic) bond motifs is 1. The Hall–Kier alpha value is -4.78. The number of hydrogen-bond acceptors (Lipinski definition) is 3. The summed E-state index contributed by atoms with van der Waals surface area (Å²) in [5, 5.41) is 9.40. The molecule has 2 amide bonds. The van der Waals surface area contributed by atoms with Crippen molar-refractivity contribution in [3.8, 4) is 16.9 Å². The third-order valence-electron chi connectivity index (χ3n) is 6.25. The van der Waals surface area contributed by atoms with E-state index in [0.29, 0.717) is 35.7 Å². The van der Waals surface area contributed by atoms with Gasteiger partial charge >= 0.3 is 0 Å². The zero-order valence-corrected chi connectivity index (χ0v) is 21.0. The van der Waals surface area contributed by atoms with Crippen molar-refractivity contribution in [3.05, 3.63) is 115 Å². The van der Waals surface area contributed by atoms with Crippen LogP contribution in [0.15, 0.2) is 103 Å². The van der Waals surface area contributed by atoms with Gasteiger partial charge in [0.05, 0.1) is 11.4 Å². The summed E-state index contributed by atoms with van der Waals surface area (Å²) in [6, 6.07) is 30.6. The van der Waals surface area contributed by atoms with Gasteiger partial charge in [-0.1, -0.05) is 73.7 Å². The third-order valence-corrected chi connectivity index (χ3v) is 6.25. The molecule has 0 aliphatic rings. The standard InChI is InChI=1S/C31H27FN4O2/c1-2-19-35(31(38)27-14-8-12-22-9-6-7-13-26(22)27)21-30(37)33-29-20-28(23-10-4-3-5-11-23)34-36(29)25-17-15-24(32)16-18-25/h3-18,20H,2,19,21H2,1H3,(H,33,37). The number of carbonyl (C=O) groups is 2. The molecule has 0 unspecified atom stereocenters. The van der Waals surface area contributed by atoms with Crippen LogP contribution in [0.5, 0.6) is 0 Å². The Morgan fingerprint density at radius 1 is 0.895 bits per heavy atom. The number of nitrogens with zero attached hydrogens (tertiary/aromatic N) is 3. The summed E-state index contributed by atoms with van der Waals surface area (Å²) in [7, 11) is 0. The third kappa shape index (κ3) is 5.32. The van der Waals surface area contributed by atoms with Gasteiger partial charge in [0.15, 0.2) is 0 Å². The van der Waals surface area contributed by atoms with E-state index in [-0.39, 0.29) is 24.2 Å². The van der Waals surface area contributed by atoms with E-state index in [9.17, 15) is 14.0 Å². The first kappa shape index (κ1) is 24.9. The first-order valence-corrected chi connectivity index (χ1v) is 12.5. The monoisotopic (exact) mass is 506 g/mol. The molecule has 0 saturated heterocycles. The zero-order chi connectivity index (χ0) is 26.5. The molecular weight excluding hydrogens is 479 g/mol. The predicted molar refractivity (Wildman–Crippen MR) is 148 cm³/mol. The molecule has 1 heterocycles. The molecule has 0 radical (unpaired) electrons. The summed E-state index contributed by atoms with van der Waals surface area (Å²) in [6.45, 7) is 2.28. The van der Waals surface area contributed by atoms with Crippen molar-refractivity contribution < 1.29 is 14.0 Å². The van der Waals surface area contributed by atoms with E-state index in [0.717, 1.165) is 16.3 Å². The van der Waals surface area contributed by atoms with Gasteiger partial charge in [-0.3, -0.25) is 9.59 Å². The molecule has 0 aliphatic heterocycles. The van der Waals surface area contributed by atoms with E-state index in [4.69, 9.17) is 0 Å². The molecule has 190 valence electrons. The summed E-state index contributed by atoms with van der Waals surface area (Å²) < 4.78 is 15.1. The van der Waals surface area contributed by atoms with Crippen molar-refractivity contribution in [2.24, 2.45) is 0 Å². The van der Waals surface area contributed by atoms with Crippen LogP contribution in [-0.2, 0) is 4.79 Å². The maximum Gasteiger partial charge on any atom is 0.254 e. The highest BCUT2D eigenvalue weighted by Gasteiger charge is 2.21. The Morgan fingerprint density at radius 2 is 1.61 bits per heavy atom. The Balaban J connectivity index is 1.42. The summed E-state index contributed by atoms with van der Waals surface area (Å²) >= 11 is 0. The lowest BCUT2D eigenvalue weighted by molar-refractivity contribution is -0.116. The Morgan fingerprint density at radius 3 is 2.37 bits per heavy atom. The smallest absolute Gasteiger partial charge is 0.254 e. The van der Waals surface area contributed by atoms with Crippen LogP contribution in [0.4, 0.5) is 10.2 Å². The van der Waals surface area contributed by atoms with Gasteiger partial charge in [-0.2, -0.15) is 5.10 Å². The molecule has 7 heteroatoms. The molecule has 38 heavy (non-hydrogen) atoms. The zero-order valence-electron chi connectivity index (χ0n) is 21.0. The van der Waals surface area contributed by atoms with Gasteiger partial charge in [0, 0.05) is 23.7 Å². The number of aromatic nitrogens is 2. The largest absolute Gasteiger partial charge is 0.329 e. The number of halogens is 1.